The number of nitrogens with two attached hydrogens (primary N) is 1. The zero-order chi connectivity index (χ0) is 17.5. The minimum atomic E-state index is 0.0319. The highest BCUT2D eigenvalue weighted by atomic mass is 35.5. The summed E-state index contributed by atoms with van der Waals surface area (Å²) < 4.78 is 0. The Kier molecular flexibility index (Phi) is 13.0. The van der Waals surface area contributed by atoms with E-state index in [1.165, 1.54) is 5.01 Å². The van der Waals surface area contributed by atoms with Crippen molar-refractivity contribution in [2.75, 3.05) is 19.4 Å². The van der Waals surface area contributed by atoms with Gasteiger partial charge in [0.05, 0.1) is 5.34 Å². The van der Waals surface area contributed by atoms with Gasteiger partial charge in [-0.2, -0.15) is 0 Å². The van der Waals surface area contributed by atoms with E-state index in [1.807, 2.05) is 66.7 Å². The van der Waals surface area contributed by atoms with Crippen molar-refractivity contribution in [1.29, 1.82) is 0 Å². The number of hydrogen-bond donors (Lipinski definition) is 1. The smallest absolute Gasteiger partial charge is 0.185 e. The first-order chi connectivity index (χ1) is 11.0. The van der Waals surface area contributed by atoms with Crippen LogP contribution in [0.3, 0.4) is 0 Å². The van der Waals surface area contributed by atoms with Crippen LogP contribution >= 0.6 is 23.2 Å². The quantitative estimate of drug-likeness (QED) is 0.292. The summed E-state index contributed by atoms with van der Waals surface area (Å²) in [5, 5.41) is 1.69. The zero-order valence-corrected chi connectivity index (χ0v) is 14.8. The maximum absolute atomic E-state index is 11.7. The van der Waals surface area contributed by atoms with Gasteiger partial charge in [-0.1, -0.05) is 66.7 Å². The van der Waals surface area contributed by atoms with Gasteiger partial charge in [-0.3, -0.25) is 15.6 Å². The van der Waals surface area contributed by atoms with Crippen LogP contribution in [-0.2, 0) is 0 Å². The molecule has 124 valence electrons. The Morgan fingerprint density at radius 3 is 1.83 bits per heavy atom. The number of carbonyl (C=O) groups excluding carboxylic acids is 1. The Morgan fingerprint density at radius 1 is 1.00 bits per heavy atom. The number of allylic oxidation sites excluding steroid dienone is 1. The van der Waals surface area contributed by atoms with E-state index in [2.05, 4.69) is 0 Å². The SMILES string of the molecule is CN(C)N.ClCCl.O=C(C=Cc1ccccc1)c1ccccc1. The van der Waals surface area contributed by atoms with Gasteiger partial charge in [0.1, 0.15) is 0 Å². The number of ketones is 1. The van der Waals surface area contributed by atoms with E-state index >= 15 is 0 Å². The van der Waals surface area contributed by atoms with Crippen LogP contribution in [0.25, 0.3) is 6.08 Å². The lowest BCUT2D eigenvalue weighted by molar-refractivity contribution is 0.104. The Labute approximate surface area is 148 Å². The third kappa shape index (κ3) is 12.6. The molecule has 2 N–H and O–H groups in total. The molecule has 0 aliphatic rings. The number of benzene rings is 2. The van der Waals surface area contributed by atoms with Crippen molar-refractivity contribution in [3.05, 3.63) is 77.9 Å². The first-order valence-corrected chi connectivity index (χ1v) is 7.94. The second kappa shape index (κ2) is 14.0. The topological polar surface area (TPSA) is 46.3 Å². The monoisotopic (exact) mass is 352 g/mol. The maximum Gasteiger partial charge on any atom is 0.185 e. The molecule has 0 amide bonds. The van der Waals surface area contributed by atoms with Crippen LogP contribution in [0.4, 0.5) is 0 Å². The summed E-state index contributed by atoms with van der Waals surface area (Å²) in [6, 6.07) is 19.1. The van der Waals surface area contributed by atoms with Crippen molar-refractivity contribution < 1.29 is 4.79 Å². The lowest BCUT2D eigenvalue weighted by atomic mass is 10.1. The lowest BCUT2D eigenvalue weighted by Gasteiger charge is -1.94. The average molecular weight is 353 g/mol. The molecule has 23 heavy (non-hydrogen) atoms. The third-order valence-electron chi connectivity index (χ3n) is 2.29. The number of halogens is 2. The molecule has 0 saturated carbocycles. The fourth-order valence-corrected chi connectivity index (χ4v) is 1.43. The summed E-state index contributed by atoms with van der Waals surface area (Å²) in [6.07, 6.45) is 3.43. The molecule has 0 aliphatic heterocycles. The van der Waals surface area contributed by atoms with Crippen molar-refractivity contribution in [3.8, 4) is 0 Å². The van der Waals surface area contributed by atoms with Gasteiger partial charge in [-0.05, 0) is 11.6 Å². The summed E-state index contributed by atoms with van der Waals surface area (Å²) in [7, 11) is 3.56. The van der Waals surface area contributed by atoms with Crippen LogP contribution in [0, 0.1) is 0 Å². The van der Waals surface area contributed by atoms with E-state index in [0.717, 1.165) is 11.1 Å². The molecule has 0 radical (unpaired) electrons. The van der Waals surface area contributed by atoms with E-state index in [-0.39, 0.29) is 11.1 Å². The number of carbonyl (C=O) groups is 1. The molecule has 0 heterocycles. The molecule has 0 bridgehead atoms. The van der Waals surface area contributed by atoms with Crippen molar-refractivity contribution in [2.45, 2.75) is 0 Å². The van der Waals surface area contributed by atoms with E-state index in [1.54, 1.807) is 20.2 Å². The van der Waals surface area contributed by atoms with Crippen LogP contribution in [0.15, 0.2) is 66.7 Å². The molecule has 0 atom stereocenters. The zero-order valence-electron chi connectivity index (χ0n) is 13.3. The van der Waals surface area contributed by atoms with Gasteiger partial charge in [0.2, 0.25) is 0 Å². The molecule has 0 aliphatic carbocycles. The summed E-state index contributed by atoms with van der Waals surface area (Å²) in [5.74, 6) is 4.98. The molecular weight excluding hydrogens is 331 g/mol. The normalized spacial score (nSPS) is 9.65. The second-order valence-corrected chi connectivity index (χ2v) is 5.35. The molecule has 5 heteroatoms. The van der Waals surface area contributed by atoms with Gasteiger partial charge in [-0.25, -0.2) is 0 Å². The number of rotatable bonds is 3. The van der Waals surface area contributed by atoms with E-state index in [4.69, 9.17) is 29.0 Å². The third-order valence-corrected chi connectivity index (χ3v) is 2.29. The fourth-order valence-electron chi connectivity index (χ4n) is 1.43. The molecule has 0 unspecified atom stereocenters. The minimum Gasteiger partial charge on any atom is -0.289 e. The van der Waals surface area contributed by atoms with E-state index < -0.39 is 0 Å². The number of nitrogens with zero attached hydrogens (tertiary/aromatic N) is 1. The Hall–Kier alpha value is -1.65. The van der Waals surface area contributed by atoms with Crippen LogP contribution in [0.2, 0.25) is 0 Å². The van der Waals surface area contributed by atoms with Crippen molar-refractivity contribution >= 4 is 35.1 Å². The number of hydrazine groups is 1. The highest BCUT2D eigenvalue weighted by Gasteiger charge is 1.98. The van der Waals surface area contributed by atoms with Gasteiger partial charge in [0.15, 0.2) is 5.78 Å². The van der Waals surface area contributed by atoms with Crippen LogP contribution < -0.4 is 5.84 Å². The van der Waals surface area contributed by atoms with Gasteiger partial charge in [-0.15, -0.1) is 23.2 Å². The van der Waals surface area contributed by atoms with Crippen molar-refractivity contribution in [2.24, 2.45) is 5.84 Å². The largest absolute Gasteiger partial charge is 0.289 e. The van der Waals surface area contributed by atoms with Gasteiger partial charge >= 0.3 is 0 Å². The Bertz CT molecular complexity index is 555. The van der Waals surface area contributed by atoms with Crippen LogP contribution in [0.1, 0.15) is 15.9 Å². The Morgan fingerprint density at radius 2 is 1.39 bits per heavy atom. The molecule has 2 rings (SSSR count). The standard InChI is InChI=1S/C15H12O.C2H8N2.CH2Cl2/c16-15(14-9-5-2-6-10-14)12-11-13-7-3-1-4-8-13;1-4(2)3;2-1-3/h1-12H;3H2,1-2H3;1H2. The number of alkyl halides is 2. The first-order valence-electron chi connectivity index (χ1n) is 6.87. The highest BCUT2D eigenvalue weighted by molar-refractivity contribution is 6.40. The summed E-state index contributed by atoms with van der Waals surface area (Å²) in [6.45, 7) is 0. The average Bonchev–Trinajstić information content (AvgIpc) is 2.55. The molecule has 0 fully saturated rings. The highest BCUT2D eigenvalue weighted by Crippen LogP contribution is 2.05. The summed E-state index contributed by atoms with van der Waals surface area (Å²) in [5.41, 5.74) is 1.75. The molecule has 2 aromatic rings. The molecule has 0 aromatic heterocycles. The van der Waals surface area contributed by atoms with Gasteiger partial charge in [0.25, 0.3) is 0 Å². The van der Waals surface area contributed by atoms with Gasteiger partial charge in [0, 0.05) is 19.7 Å². The molecular formula is C18H22Cl2N2O. The minimum absolute atomic E-state index is 0.0319. The summed E-state index contributed by atoms with van der Waals surface area (Å²) >= 11 is 9.53. The van der Waals surface area contributed by atoms with E-state index in [9.17, 15) is 4.79 Å². The van der Waals surface area contributed by atoms with Gasteiger partial charge < -0.3 is 0 Å². The van der Waals surface area contributed by atoms with Crippen molar-refractivity contribution in [1.82, 2.24) is 5.01 Å². The van der Waals surface area contributed by atoms with Crippen LogP contribution in [-0.4, -0.2) is 30.2 Å². The summed E-state index contributed by atoms with van der Waals surface area (Å²) in [4.78, 5) is 11.7. The van der Waals surface area contributed by atoms with E-state index in [0.29, 0.717) is 0 Å². The molecule has 0 saturated heterocycles. The molecule has 2 aromatic carbocycles. The second-order valence-electron chi connectivity index (χ2n) is 4.54. The number of hydrogen-bond acceptors (Lipinski definition) is 3. The predicted molar refractivity (Wildman–Crippen MR) is 101 cm³/mol. The lowest BCUT2D eigenvalue weighted by Crippen LogP contribution is -2.18. The van der Waals surface area contributed by atoms with Crippen molar-refractivity contribution in [3.63, 3.8) is 0 Å². The molecule has 3 nitrogen and oxygen atoms in total. The Balaban J connectivity index is 0.000000591. The first kappa shape index (κ1) is 21.4. The van der Waals surface area contributed by atoms with Crippen LogP contribution in [0.5, 0.6) is 0 Å². The molecule has 0 spiro atoms. The fraction of sp³-hybridized carbons (Fsp3) is 0.167. The maximum atomic E-state index is 11.7. The predicted octanol–water partition coefficient (Wildman–Crippen LogP) is 4.43.